The van der Waals surface area contributed by atoms with E-state index in [1.165, 1.54) is 40.8 Å². The van der Waals surface area contributed by atoms with Crippen molar-refractivity contribution in [2.75, 3.05) is 36.8 Å². The van der Waals surface area contributed by atoms with Gasteiger partial charge >= 0.3 is 6.36 Å². The minimum Gasteiger partial charge on any atom is -0.406 e. The SMILES string of the molecule is Cc1ncsc1-c1ccc(C(CC(=O)NCCCCCCCCC(=O)NCCCn2cc(-c3ccc4c(c3)CCN4C(=O)Cc3cccc(OC(F)(F)F)c3)c3c(N)ncnc32)NC(=O)[C@@H]2C[C@@H](O)CN2C(=O)C(NC(=O)C2(F)CC2)C(C)(C)C)cc1. The summed E-state index contributed by atoms with van der Waals surface area (Å²) in [6, 6.07) is 15.6. The average Bonchev–Trinajstić information content (AvgIpc) is 1.72. The highest BCUT2D eigenvalue weighted by Crippen LogP contribution is 2.41. The minimum absolute atomic E-state index is 0.0375. The molecule has 1 saturated carbocycles. The standard InChI is InChI=1S/C63H75F4N11O8S/c1-38-54(87-37-73-38)41-18-16-40(17-19-41)47(74-58(83)49-32-44(79)34-78(49)59(84)55(61(2,3)4)75-60(85)62(64)23-24-62)33-51(81)70-25-10-8-6-5-7-9-15-50(80)69-26-12-27-76-35-46(53-56(68)71-36-72-57(53)76)42-20-21-48-43(31-42)22-28-77(48)52(82)30-39-13-11-14-45(29-39)86-63(65,66)67/h11,13-14,16-21,29,31,35-37,44,47,49,55,79H,5-10,12,15,22-28,30,32-34H2,1-4H3,(H,69,80)(H,70,81)(H,74,83)(H,75,85)(H2,68,71,72)/t44-,47?,49+,55?/m1/s1. The number of nitrogens with two attached hydrogens (primary N) is 1. The molecule has 3 aromatic carbocycles. The molecule has 5 heterocycles. The summed E-state index contributed by atoms with van der Waals surface area (Å²) in [6.07, 6.45) is 3.96. The number of likely N-dealkylation sites (tertiary alicyclic amines) is 1. The molecular formula is C63H75F4N11O8S. The Kier molecular flexibility index (Phi) is 20.0. The van der Waals surface area contributed by atoms with Gasteiger partial charge in [0.1, 0.15) is 35.6 Å². The quantitative estimate of drug-likeness (QED) is 0.0220. The highest BCUT2D eigenvalue weighted by Gasteiger charge is 2.53. The Morgan fingerprint density at radius 3 is 2.29 bits per heavy atom. The molecule has 2 fully saturated rings. The van der Waals surface area contributed by atoms with Crippen LogP contribution >= 0.6 is 11.3 Å². The molecular weight excluding hydrogens is 1150 g/mol. The Balaban J connectivity index is 0.698. The van der Waals surface area contributed by atoms with Gasteiger partial charge in [0, 0.05) is 63.0 Å². The first-order chi connectivity index (χ1) is 41.4. The molecule has 1 saturated heterocycles. The summed E-state index contributed by atoms with van der Waals surface area (Å²) in [6.45, 7) is 8.78. The number of aliphatic hydroxyl groups excluding tert-OH is 1. The number of benzene rings is 3. The molecule has 3 aromatic heterocycles. The van der Waals surface area contributed by atoms with Gasteiger partial charge in [0.25, 0.3) is 5.91 Å². The molecule has 0 bridgehead atoms. The Morgan fingerprint density at radius 2 is 1.57 bits per heavy atom. The number of unbranched alkanes of at least 4 members (excludes halogenated alkanes) is 5. The number of nitrogens with zero attached hydrogens (tertiary/aromatic N) is 6. The third-order valence-electron chi connectivity index (χ3n) is 16.2. The van der Waals surface area contributed by atoms with Gasteiger partial charge < -0.3 is 51.2 Å². The predicted octanol–water partition coefficient (Wildman–Crippen LogP) is 8.74. The Bertz CT molecular complexity index is 3470. The lowest BCUT2D eigenvalue weighted by molar-refractivity contribution is -0.274. The molecule has 464 valence electrons. The number of fused-ring (bicyclic) bond motifs is 2. The second-order valence-corrected chi connectivity index (χ2v) is 24.8. The molecule has 24 heteroatoms. The molecule has 7 N–H and O–H groups in total. The Morgan fingerprint density at radius 1 is 0.862 bits per heavy atom. The first kappa shape index (κ1) is 63.5. The number of rotatable bonds is 26. The number of anilines is 2. The van der Waals surface area contributed by atoms with Crippen LogP contribution in [0.15, 0.2) is 84.8 Å². The number of thiazole rings is 1. The monoisotopic (exact) mass is 1220 g/mol. The molecule has 9 rings (SSSR count). The van der Waals surface area contributed by atoms with Gasteiger partial charge in [-0.15, -0.1) is 24.5 Å². The molecule has 2 aliphatic heterocycles. The molecule has 4 atom stereocenters. The first-order valence-corrected chi connectivity index (χ1v) is 30.5. The van der Waals surface area contributed by atoms with E-state index in [1.54, 1.807) is 37.2 Å². The number of ether oxygens (including phenoxy) is 1. The van der Waals surface area contributed by atoms with Crippen LogP contribution < -0.4 is 36.6 Å². The van der Waals surface area contributed by atoms with Gasteiger partial charge in [0.2, 0.25) is 29.5 Å². The van der Waals surface area contributed by atoms with Gasteiger partial charge in [-0.05, 0) is 103 Å². The van der Waals surface area contributed by atoms with E-state index in [0.717, 1.165) is 77.0 Å². The summed E-state index contributed by atoms with van der Waals surface area (Å²) >= 11 is 1.50. The van der Waals surface area contributed by atoms with Crippen molar-refractivity contribution < 1.29 is 56.2 Å². The Labute approximate surface area is 506 Å². The largest absolute Gasteiger partial charge is 0.573 e. The van der Waals surface area contributed by atoms with Crippen LogP contribution in [-0.4, -0.2) is 121 Å². The summed E-state index contributed by atoms with van der Waals surface area (Å²) in [5, 5.41) is 23.1. The second kappa shape index (κ2) is 27.4. The number of alkyl halides is 4. The summed E-state index contributed by atoms with van der Waals surface area (Å²) in [7, 11) is 0. The fourth-order valence-electron chi connectivity index (χ4n) is 11.3. The van der Waals surface area contributed by atoms with E-state index in [9.17, 15) is 51.4 Å². The molecule has 6 aromatic rings. The predicted molar refractivity (Wildman–Crippen MR) is 322 cm³/mol. The summed E-state index contributed by atoms with van der Waals surface area (Å²) in [5.41, 5.74) is 12.2. The fraction of sp³-hybridized carbons (Fsp3) is 0.476. The maximum absolute atomic E-state index is 14.8. The van der Waals surface area contributed by atoms with Crippen molar-refractivity contribution in [3.05, 3.63) is 107 Å². The van der Waals surface area contributed by atoms with Gasteiger partial charge in [-0.25, -0.2) is 19.3 Å². The number of nitrogen functional groups attached to an aromatic ring is 1. The molecule has 87 heavy (non-hydrogen) atoms. The van der Waals surface area contributed by atoms with E-state index in [-0.39, 0.29) is 62.1 Å². The number of aryl methyl sites for hydroxylation is 2. The highest BCUT2D eigenvalue weighted by molar-refractivity contribution is 7.13. The first-order valence-electron chi connectivity index (χ1n) is 29.6. The number of aromatic nitrogens is 4. The molecule has 0 spiro atoms. The lowest BCUT2D eigenvalue weighted by Gasteiger charge is -2.36. The van der Waals surface area contributed by atoms with Crippen molar-refractivity contribution >= 4 is 69.3 Å². The maximum atomic E-state index is 14.8. The number of aliphatic hydroxyl groups is 1. The number of hydrogen-bond donors (Lipinski definition) is 6. The zero-order chi connectivity index (χ0) is 62.2. The topological polar surface area (TPSA) is 256 Å². The van der Waals surface area contributed by atoms with Crippen LogP contribution in [0.3, 0.4) is 0 Å². The molecule has 0 radical (unpaired) electrons. The molecule has 19 nitrogen and oxygen atoms in total. The maximum Gasteiger partial charge on any atom is 0.573 e. The zero-order valence-electron chi connectivity index (χ0n) is 49.3. The van der Waals surface area contributed by atoms with E-state index < -0.39 is 59.4 Å². The van der Waals surface area contributed by atoms with Crippen molar-refractivity contribution in [1.29, 1.82) is 0 Å². The summed E-state index contributed by atoms with van der Waals surface area (Å²) in [4.78, 5) is 98.0. The van der Waals surface area contributed by atoms with Crippen LogP contribution in [0.4, 0.5) is 29.1 Å². The van der Waals surface area contributed by atoms with Gasteiger partial charge in [-0.1, -0.05) is 88.9 Å². The van der Waals surface area contributed by atoms with Crippen molar-refractivity contribution in [2.24, 2.45) is 5.41 Å². The normalized spacial score (nSPS) is 16.9. The van der Waals surface area contributed by atoms with E-state index in [2.05, 4.69) is 41.0 Å². The number of hydrogen-bond acceptors (Lipinski definition) is 13. The van der Waals surface area contributed by atoms with Crippen LogP contribution in [0, 0.1) is 12.3 Å². The summed E-state index contributed by atoms with van der Waals surface area (Å²) in [5.74, 6) is -2.70. The minimum atomic E-state index is -4.84. The smallest absolute Gasteiger partial charge is 0.406 e. The molecule has 3 aliphatic rings. The third-order valence-corrected chi connectivity index (χ3v) is 17.2. The third kappa shape index (κ3) is 16.2. The lowest BCUT2D eigenvalue weighted by Crippen LogP contribution is -2.59. The van der Waals surface area contributed by atoms with Crippen LogP contribution in [0.25, 0.3) is 32.6 Å². The van der Waals surface area contributed by atoms with Gasteiger partial charge in [-0.2, -0.15) is 0 Å². The van der Waals surface area contributed by atoms with Crippen LogP contribution in [-0.2, 0) is 48.2 Å². The van der Waals surface area contributed by atoms with Crippen LogP contribution in [0.1, 0.15) is 126 Å². The fourth-order valence-corrected chi connectivity index (χ4v) is 12.2. The highest BCUT2D eigenvalue weighted by atomic mass is 32.1. The number of carbonyl (C=O) groups excluding carboxylic acids is 6. The van der Waals surface area contributed by atoms with Gasteiger partial charge in [0.05, 0.1) is 46.5 Å². The number of nitrogens with one attached hydrogen (secondary N) is 4. The average molecular weight is 1220 g/mol. The van der Waals surface area contributed by atoms with E-state index in [0.29, 0.717) is 73.4 Å². The van der Waals surface area contributed by atoms with E-state index in [4.69, 9.17) is 5.73 Å². The molecule has 2 unspecified atom stereocenters. The molecule has 6 amide bonds. The van der Waals surface area contributed by atoms with Crippen molar-refractivity contribution in [3.63, 3.8) is 0 Å². The van der Waals surface area contributed by atoms with E-state index in [1.807, 2.05) is 60.2 Å². The number of halogens is 4. The number of β-amino-alcohol motifs (C(OH)–C–C–N with tert-alkyl or cyclic N) is 1. The molecule has 1 aliphatic carbocycles. The lowest BCUT2D eigenvalue weighted by atomic mass is 9.85. The van der Waals surface area contributed by atoms with Crippen molar-refractivity contribution in [3.8, 4) is 27.3 Å². The van der Waals surface area contributed by atoms with Crippen molar-refractivity contribution in [1.82, 2.24) is 45.7 Å². The number of carbonyl (C=O) groups is 6. The van der Waals surface area contributed by atoms with Gasteiger partial charge in [0.15, 0.2) is 5.67 Å². The zero-order valence-corrected chi connectivity index (χ0v) is 50.1. The number of amides is 6. The summed E-state index contributed by atoms with van der Waals surface area (Å²) < 4.78 is 59.2. The van der Waals surface area contributed by atoms with Crippen molar-refractivity contribution in [2.45, 2.75) is 160 Å². The van der Waals surface area contributed by atoms with E-state index >= 15 is 0 Å². The van der Waals surface area contributed by atoms with Crippen LogP contribution in [0.5, 0.6) is 5.75 Å². The van der Waals surface area contributed by atoms with Crippen LogP contribution in [0.2, 0.25) is 0 Å². The second-order valence-electron chi connectivity index (χ2n) is 23.9. The van der Waals surface area contributed by atoms with Gasteiger partial charge in [-0.3, -0.25) is 28.8 Å². The Hall–Kier alpha value is -7.99.